The van der Waals surface area contributed by atoms with Gasteiger partial charge >= 0.3 is 5.97 Å². The van der Waals surface area contributed by atoms with Crippen LogP contribution in [0.4, 0.5) is 0 Å². The summed E-state index contributed by atoms with van der Waals surface area (Å²) in [6, 6.07) is 2.16. The van der Waals surface area contributed by atoms with Gasteiger partial charge in [-0.05, 0) is 32.9 Å². The van der Waals surface area contributed by atoms with Gasteiger partial charge in [0.2, 0.25) is 0 Å². The molecule has 0 spiro atoms. The Morgan fingerprint density at radius 3 is 3.12 bits per heavy atom. The third kappa shape index (κ3) is 4.44. The number of aromatic amines is 1. The van der Waals surface area contributed by atoms with Crippen molar-refractivity contribution in [3.8, 4) is 0 Å². The largest absolute Gasteiger partial charge is 0.466 e. The Morgan fingerprint density at radius 1 is 1.69 bits per heavy atom. The first-order chi connectivity index (χ1) is 7.74. The molecule has 1 aromatic heterocycles. The summed E-state index contributed by atoms with van der Waals surface area (Å²) in [6.45, 7) is 5.12. The van der Waals surface area contributed by atoms with Crippen LogP contribution in [0.25, 0.3) is 0 Å². The van der Waals surface area contributed by atoms with Gasteiger partial charge in [0, 0.05) is 18.7 Å². The molecule has 1 rings (SSSR count). The van der Waals surface area contributed by atoms with E-state index in [0.29, 0.717) is 13.0 Å². The van der Waals surface area contributed by atoms with E-state index in [9.17, 15) is 4.79 Å². The summed E-state index contributed by atoms with van der Waals surface area (Å²) >= 11 is 0. The molecule has 0 aliphatic rings. The van der Waals surface area contributed by atoms with Crippen molar-refractivity contribution in [3.05, 3.63) is 18.0 Å². The minimum atomic E-state index is -0.126. The molecule has 5 heteroatoms. The fraction of sp³-hybridized carbons (Fsp3) is 0.636. The summed E-state index contributed by atoms with van der Waals surface area (Å²) < 4.78 is 4.84. The third-order valence-corrected chi connectivity index (χ3v) is 2.30. The summed E-state index contributed by atoms with van der Waals surface area (Å²) in [5.41, 5.74) is 1.05. The average molecular weight is 225 g/mol. The van der Waals surface area contributed by atoms with Crippen LogP contribution in [-0.4, -0.2) is 29.3 Å². The van der Waals surface area contributed by atoms with E-state index in [4.69, 9.17) is 4.74 Å². The molecule has 2 N–H and O–H groups in total. The third-order valence-electron chi connectivity index (χ3n) is 2.30. The molecule has 1 unspecified atom stereocenters. The quantitative estimate of drug-likeness (QED) is 0.544. The fourth-order valence-electron chi connectivity index (χ4n) is 1.40. The fourth-order valence-corrected chi connectivity index (χ4v) is 1.40. The summed E-state index contributed by atoms with van der Waals surface area (Å²) in [5.74, 6) is -0.126. The van der Waals surface area contributed by atoms with Crippen LogP contribution >= 0.6 is 0 Å². The van der Waals surface area contributed by atoms with Crippen molar-refractivity contribution in [2.24, 2.45) is 0 Å². The van der Waals surface area contributed by atoms with Gasteiger partial charge in [0.1, 0.15) is 0 Å². The first-order valence-corrected chi connectivity index (χ1v) is 5.62. The highest BCUT2D eigenvalue weighted by Gasteiger charge is 2.06. The Labute approximate surface area is 95.6 Å². The molecule has 0 fully saturated rings. The zero-order valence-corrected chi connectivity index (χ0v) is 9.82. The molecule has 0 saturated carbocycles. The monoisotopic (exact) mass is 225 g/mol. The van der Waals surface area contributed by atoms with Crippen molar-refractivity contribution >= 4 is 5.97 Å². The second-order valence-electron chi connectivity index (χ2n) is 3.60. The summed E-state index contributed by atoms with van der Waals surface area (Å²) in [5, 5.41) is 10.1. The number of ether oxygens (including phenoxy) is 1. The maximum atomic E-state index is 11.1. The van der Waals surface area contributed by atoms with Gasteiger partial charge in [0.25, 0.3) is 0 Å². The van der Waals surface area contributed by atoms with Crippen LogP contribution in [0.1, 0.15) is 38.4 Å². The van der Waals surface area contributed by atoms with E-state index >= 15 is 0 Å². The van der Waals surface area contributed by atoms with Crippen LogP contribution in [0, 0.1) is 0 Å². The standard InChI is InChI=1S/C11H19N3O2/c1-3-16-11(15)5-4-7-12-9(2)10-6-8-13-14-10/h6,8-9,12H,3-5,7H2,1-2H3,(H,13,14). The highest BCUT2D eigenvalue weighted by atomic mass is 16.5. The number of hydrogen-bond donors (Lipinski definition) is 2. The topological polar surface area (TPSA) is 67.0 Å². The zero-order chi connectivity index (χ0) is 11.8. The van der Waals surface area contributed by atoms with Gasteiger partial charge in [-0.25, -0.2) is 0 Å². The number of aromatic nitrogens is 2. The lowest BCUT2D eigenvalue weighted by atomic mass is 10.2. The highest BCUT2D eigenvalue weighted by molar-refractivity contribution is 5.69. The van der Waals surface area contributed by atoms with E-state index < -0.39 is 0 Å². The molecular formula is C11H19N3O2. The Bertz CT molecular complexity index is 298. The minimum Gasteiger partial charge on any atom is -0.466 e. The molecule has 90 valence electrons. The van der Waals surface area contributed by atoms with E-state index in [-0.39, 0.29) is 12.0 Å². The molecule has 16 heavy (non-hydrogen) atoms. The first kappa shape index (κ1) is 12.7. The van der Waals surface area contributed by atoms with Crippen molar-refractivity contribution in [3.63, 3.8) is 0 Å². The maximum Gasteiger partial charge on any atom is 0.305 e. The van der Waals surface area contributed by atoms with Gasteiger partial charge in [0.15, 0.2) is 0 Å². The molecule has 0 amide bonds. The lowest BCUT2D eigenvalue weighted by molar-refractivity contribution is -0.143. The van der Waals surface area contributed by atoms with Crippen molar-refractivity contribution < 1.29 is 9.53 Å². The van der Waals surface area contributed by atoms with Crippen molar-refractivity contribution in [1.29, 1.82) is 0 Å². The molecule has 0 radical (unpaired) electrons. The van der Waals surface area contributed by atoms with Crippen LogP contribution in [0.2, 0.25) is 0 Å². The minimum absolute atomic E-state index is 0.126. The normalized spacial score (nSPS) is 12.4. The molecule has 5 nitrogen and oxygen atoms in total. The number of carbonyl (C=O) groups excluding carboxylic acids is 1. The average Bonchev–Trinajstić information content (AvgIpc) is 2.78. The smallest absolute Gasteiger partial charge is 0.305 e. The molecule has 1 aromatic rings. The van der Waals surface area contributed by atoms with Crippen molar-refractivity contribution in [2.75, 3.05) is 13.2 Å². The van der Waals surface area contributed by atoms with Gasteiger partial charge in [-0.2, -0.15) is 5.10 Å². The van der Waals surface area contributed by atoms with Crippen LogP contribution in [-0.2, 0) is 9.53 Å². The first-order valence-electron chi connectivity index (χ1n) is 5.62. The highest BCUT2D eigenvalue weighted by Crippen LogP contribution is 2.07. The van der Waals surface area contributed by atoms with Crippen molar-refractivity contribution in [2.45, 2.75) is 32.7 Å². The summed E-state index contributed by atoms with van der Waals surface area (Å²) in [6.07, 6.45) is 2.99. The number of hydrogen-bond acceptors (Lipinski definition) is 4. The van der Waals surface area contributed by atoms with Gasteiger partial charge in [-0.3, -0.25) is 9.89 Å². The summed E-state index contributed by atoms with van der Waals surface area (Å²) in [4.78, 5) is 11.1. The second-order valence-corrected chi connectivity index (χ2v) is 3.60. The molecule has 0 saturated heterocycles. The summed E-state index contributed by atoms with van der Waals surface area (Å²) in [7, 11) is 0. The van der Waals surface area contributed by atoms with E-state index in [1.807, 2.05) is 13.0 Å². The van der Waals surface area contributed by atoms with E-state index in [1.165, 1.54) is 0 Å². The predicted molar refractivity (Wildman–Crippen MR) is 60.9 cm³/mol. The predicted octanol–water partition coefficient (Wildman–Crippen LogP) is 1.40. The maximum absolute atomic E-state index is 11.1. The van der Waals surface area contributed by atoms with E-state index in [2.05, 4.69) is 22.4 Å². The number of carbonyl (C=O) groups is 1. The number of esters is 1. The van der Waals surface area contributed by atoms with Crippen molar-refractivity contribution in [1.82, 2.24) is 15.5 Å². The second kappa shape index (κ2) is 7.00. The SMILES string of the molecule is CCOC(=O)CCCNC(C)c1ccn[nH]1. The van der Waals surface area contributed by atoms with E-state index in [1.54, 1.807) is 6.20 Å². The van der Waals surface area contributed by atoms with Crippen LogP contribution < -0.4 is 5.32 Å². The molecule has 1 atom stereocenters. The number of nitrogens with zero attached hydrogens (tertiary/aromatic N) is 1. The number of nitrogens with one attached hydrogen (secondary N) is 2. The Hall–Kier alpha value is -1.36. The molecule has 0 aromatic carbocycles. The van der Waals surface area contributed by atoms with Gasteiger partial charge in [-0.15, -0.1) is 0 Å². The lowest BCUT2D eigenvalue weighted by Gasteiger charge is -2.11. The molecule has 0 aliphatic heterocycles. The van der Waals surface area contributed by atoms with Gasteiger partial charge < -0.3 is 10.1 Å². The van der Waals surface area contributed by atoms with Crippen LogP contribution in [0.15, 0.2) is 12.3 Å². The zero-order valence-electron chi connectivity index (χ0n) is 9.82. The Balaban J connectivity index is 2.09. The van der Waals surface area contributed by atoms with Gasteiger partial charge in [-0.1, -0.05) is 0 Å². The molecular weight excluding hydrogens is 206 g/mol. The van der Waals surface area contributed by atoms with Gasteiger partial charge in [0.05, 0.1) is 12.3 Å². The van der Waals surface area contributed by atoms with Crippen LogP contribution in [0.3, 0.4) is 0 Å². The van der Waals surface area contributed by atoms with Crippen LogP contribution in [0.5, 0.6) is 0 Å². The Morgan fingerprint density at radius 2 is 2.50 bits per heavy atom. The number of rotatable bonds is 7. The Kier molecular flexibility index (Phi) is 5.56. The van der Waals surface area contributed by atoms with E-state index in [0.717, 1.165) is 18.7 Å². The molecule has 0 bridgehead atoms. The lowest BCUT2D eigenvalue weighted by Crippen LogP contribution is -2.21. The number of H-pyrrole nitrogens is 1. The molecule has 1 heterocycles. The molecule has 0 aliphatic carbocycles.